The molecular formula is C23H48O4. The fraction of sp³-hybridized carbons (Fsp3) is 1.00. The topological polar surface area (TPSA) is 36.9 Å². The Bertz CT molecular complexity index is 300. The van der Waals surface area contributed by atoms with Crippen LogP contribution in [0.4, 0.5) is 0 Å². The quantitative estimate of drug-likeness (QED) is 0.169. The van der Waals surface area contributed by atoms with Crippen molar-refractivity contribution in [3.05, 3.63) is 0 Å². The van der Waals surface area contributed by atoms with E-state index in [1.807, 2.05) is 0 Å². The number of methoxy groups -OCH3 is 1. The Morgan fingerprint density at radius 2 is 1.00 bits per heavy atom. The monoisotopic (exact) mass is 388 g/mol. The van der Waals surface area contributed by atoms with Gasteiger partial charge >= 0.3 is 5.97 Å². The lowest BCUT2D eigenvalue weighted by Gasteiger charge is -2.48. The van der Waals surface area contributed by atoms with Gasteiger partial charge in [0.2, 0.25) is 0 Å². The number of unbranched alkanes of at least 4 members (excludes halogenated alkanes) is 5. The molecule has 0 aromatic rings. The van der Waals surface area contributed by atoms with E-state index < -0.39 is 11.6 Å². The molecule has 0 heterocycles. The maximum atomic E-state index is 6.32. The summed E-state index contributed by atoms with van der Waals surface area (Å²) in [5.41, 5.74) is -0.563. The highest BCUT2D eigenvalue weighted by Crippen LogP contribution is 2.41. The van der Waals surface area contributed by atoms with Gasteiger partial charge < -0.3 is 18.9 Å². The van der Waals surface area contributed by atoms with Gasteiger partial charge in [-0.1, -0.05) is 79.6 Å². The molecule has 0 amide bonds. The summed E-state index contributed by atoms with van der Waals surface area (Å²) in [6.45, 7) is 12.6. The minimum Gasteiger partial charge on any atom is -0.370 e. The molecule has 0 saturated heterocycles. The highest BCUT2D eigenvalue weighted by Gasteiger charge is 2.55. The van der Waals surface area contributed by atoms with Crippen LogP contribution in [-0.2, 0) is 18.9 Å². The lowest BCUT2D eigenvalue weighted by Crippen LogP contribution is -2.61. The van der Waals surface area contributed by atoms with Crippen molar-refractivity contribution in [1.29, 1.82) is 0 Å². The molecule has 0 aliphatic rings. The summed E-state index contributed by atoms with van der Waals surface area (Å²) < 4.78 is 25.1. The van der Waals surface area contributed by atoms with Crippen molar-refractivity contribution in [2.24, 2.45) is 0 Å². The van der Waals surface area contributed by atoms with Crippen molar-refractivity contribution in [1.82, 2.24) is 0 Å². The first kappa shape index (κ1) is 26.8. The average molecular weight is 389 g/mol. The molecule has 0 aliphatic carbocycles. The summed E-state index contributed by atoms with van der Waals surface area (Å²) in [5, 5.41) is 0. The Morgan fingerprint density at radius 3 is 1.41 bits per heavy atom. The van der Waals surface area contributed by atoms with E-state index in [0.29, 0.717) is 19.8 Å². The third-order valence-electron chi connectivity index (χ3n) is 5.03. The van der Waals surface area contributed by atoms with Crippen LogP contribution in [0.2, 0.25) is 0 Å². The van der Waals surface area contributed by atoms with Gasteiger partial charge in [-0.2, -0.15) is 0 Å². The second kappa shape index (κ2) is 16.8. The van der Waals surface area contributed by atoms with Crippen molar-refractivity contribution in [2.45, 2.75) is 123 Å². The van der Waals surface area contributed by atoms with Crippen LogP contribution in [0.25, 0.3) is 0 Å². The van der Waals surface area contributed by atoms with E-state index in [1.165, 1.54) is 32.1 Å². The van der Waals surface area contributed by atoms with E-state index in [-0.39, 0.29) is 0 Å². The standard InChI is InChI=1S/C23H48O4/c1-7-12-13-14-15-16-18-22(24-6,17-8-2)23(25-19-9-3,26-20-10-4)27-21-11-5/h7-21H2,1-6H3. The number of hydrogen-bond donors (Lipinski definition) is 0. The van der Waals surface area contributed by atoms with Crippen LogP contribution in [0, 0.1) is 0 Å². The molecule has 0 spiro atoms. The van der Waals surface area contributed by atoms with Crippen LogP contribution in [0.3, 0.4) is 0 Å². The van der Waals surface area contributed by atoms with Gasteiger partial charge in [0, 0.05) is 7.11 Å². The molecule has 0 aromatic heterocycles. The molecular weight excluding hydrogens is 340 g/mol. The Hall–Kier alpha value is -0.160. The molecule has 0 fully saturated rings. The molecule has 27 heavy (non-hydrogen) atoms. The summed E-state index contributed by atoms with van der Waals surface area (Å²) in [6.07, 6.45) is 13.1. The highest BCUT2D eigenvalue weighted by atomic mass is 16.9. The molecule has 0 radical (unpaired) electrons. The Morgan fingerprint density at radius 1 is 0.519 bits per heavy atom. The first-order chi connectivity index (χ1) is 13.1. The second-order valence-corrected chi connectivity index (χ2v) is 7.57. The van der Waals surface area contributed by atoms with E-state index in [1.54, 1.807) is 7.11 Å². The van der Waals surface area contributed by atoms with E-state index in [9.17, 15) is 0 Å². The maximum Gasteiger partial charge on any atom is 0.313 e. The van der Waals surface area contributed by atoms with Gasteiger partial charge in [-0.05, 0) is 32.1 Å². The molecule has 0 aliphatic heterocycles. The van der Waals surface area contributed by atoms with Crippen molar-refractivity contribution < 1.29 is 18.9 Å². The minimum atomic E-state index is -1.11. The number of rotatable bonds is 20. The molecule has 4 nitrogen and oxygen atoms in total. The summed E-state index contributed by atoms with van der Waals surface area (Å²) in [6, 6.07) is 0. The van der Waals surface area contributed by atoms with Crippen LogP contribution < -0.4 is 0 Å². The molecule has 164 valence electrons. The lowest BCUT2D eigenvalue weighted by atomic mass is 9.87. The first-order valence-corrected chi connectivity index (χ1v) is 11.6. The van der Waals surface area contributed by atoms with E-state index in [2.05, 4.69) is 34.6 Å². The molecule has 0 saturated carbocycles. The van der Waals surface area contributed by atoms with Gasteiger partial charge in [0.25, 0.3) is 0 Å². The van der Waals surface area contributed by atoms with Gasteiger partial charge in [0.1, 0.15) is 5.60 Å². The smallest absolute Gasteiger partial charge is 0.313 e. The molecule has 0 bridgehead atoms. The predicted octanol–water partition coefficient (Wildman–Crippen LogP) is 6.86. The van der Waals surface area contributed by atoms with Gasteiger partial charge in [-0.15, -0.1) is 0 Å². The third kappa shape index (κ3) is 9.25. The Kier molecular flexibility index (Phi) is 16.7. The Labute approximate surface area is 169 Å². The van der Waals surface area contributed by atoms with Gasteiger partial charge in [0.15, 0.2) is 0 Å². The molecule has 0 N–H and O–H groups in total. The number of ether oxygens (including phenoxy) is 4. The normalized spacial score (nSPS) is 14.4. The lowest BCUT2D eigenvalue weighted by molar-refractivity contribution is -0.447. The average Bonchev–Trinajstić information content (AvgIpc) is 2.69. The second-order valence-electron chi connectivity index (χ2n) is 7.57. The third-order valence-corrected chi connectivity index (χ3v) is 5.03. The summed E-state index contributed by atoms with van der Waals surface area (Å²) >= 11 is 0. The molecule has 1 unspecified atom stereocenters. The summed E-state index contributed by atoms with van der Waals surface area (Å²) in [5.74, 6) is -1.11. The van der Waals surface area contributed by atoms with Crippen molar-refractivity contribution in [3.63, 3.8) is 0 Å². The molecule has 4 heteroatoms. The first-order valence-electron chi connectivity index (χ1n) is 11.6. The van der Waals surface area contributed by atoms with Crippen LogP contribution >= 0.6 is 0 Å². The zero-order chi connectivity index (χ0) is 20.4. The van der Waals surface area contributed by atoms with E-state index >= 15 is 0 Å². The largest absolute Gasteiger partial charge is 0.370 e. The van der Waals surface area contributed by atoms with Crippen LogP contribution in [0.1, 0.15) is 112 Å². The Balaban J connectivity index is 5.43. The molecule has 0 aromatic carbocycles. The zero-order valence-corrected chi connectivity index (χ0v) is 19.2. The fourth-order valence-corrected chi connectivity index (χ4v) is 3.58. The van der Waals surface area contributed by atoms with Crippen molar-refractivity contribution in [2.75, 3.05) is 26.9 Å². The van der Waals surface area contributed by atoms with Gasteiger partial charge in [0.05, 0.1) is 19.8 Å². The molecule has 1 atom stereocenters. The SMILES string of the molecule is CCCCCCCCC(CCC)(OC)C(OCCC)(OCCC)OCCC. The van der Waals surface area contributed by atoms with Gasteiger partial charge in [-0.3, -0.25) is 0 Å². The van der Waals surface area contributed by atoms with Crippen LogP contribution in [0.5, 0.6) is 0 Å². The van der Waals surface area contributed by atoms with Crippen molar-refractivity contribution >= 4 is 0 Å². The summed E-state index contributed by atoms with van der Waals surface area (Å²) in [4.78, 5) is 0. The maximum absolute atomic E-state index is 6.32. The summed E-state index contributed by atoms with van der Waals surface area (Å²) in [7, 11) is 1.79. The minimum absolute atomic E-state index is 0.563. The predicted molar refractivity (Wildman–Crippen MR) is 114 cm³/mol. The van der Waals surface area contributed by atoms with E-state index in [4.69, 9.17) is 18.9 Å². The molecule has 0 rings (SSSR count). The fourth-order valence-electron chi connectivity index (χ4n) is 3.58. The number of hydrogen-bond acceptors (Lipinski definition) is 4. The van der Waals surface area contributed by atoms with Crippen LogP contribution in [-0.4, -0.2) is 38.5 Å². The zero-order valence-electron chi connectivity index (χ0n) is 19.2. The van der Waals surface area contributed by atoms with Crippen molar-refractivity contribution in [3.8, 4) is 0 Å². The van der Waals surface area contributed by atoms with Gasteiger partial charge in [-0.25, -0.2) is 0 Å². The van der Waals surface area contributed by atoms with E-state index in [0.717, 1.165) is 44.9 Å². The van der Waals surface area contributed by atoms with Crippen LogP contribution in [0.15, 0.2) is 0 Å². The highest BCUT2D eigenvalue weighted by molar-refractivity contribution is 4.91.